The van der Waals surface area contributed by atoms with E-state index < -0.39 is 0 Å². The summed E-state index contributed by atoms with van der Waals surface area (Å²) in [5.41, 5.74) is 5.83. The van der Waals surface area contributed by atoms with E-state index in [1.807, 2.05) is 29.2 Å². The maximum atomic E-state index is 13.2. The zero-order valence-electron chi connectivity index (χ0n) is 22.8. The van der Waals surface area contributed by atoms with Crippen molar-refractivity contribution in [3.63, 3.8) is 0 Å². The van der Waals surface area contributed by atoms with E-state index in [0.717, 1.165) is 62.1 Å². The number of nitrogens with zero attached hydrogens (tertiary/aromatic N) is 2. The van der Waals surface area contributed by atoms with Crippen molar-refractivity contribution >= 4 is 22.5 Å². The number of hydrogen-bond donors (Lipinski definition) is 3. The Morgan fingerprint density at radius 2 is 1.97 bits per heavy atom. The van der Waals surface area contributed by atoms with Gasteiger partial charge < -0.3 is 29.9 Å². The van der Waals surface area contributed by atoms with E-state index in [9.17, 15) is 9.90 Å². The van der Waals surface area contributed by atoms with Crippen molar-refractivity contribution in [3.8, 4) is 5.75 Å². The van der Waals surface area contributed by atoms with Crippen LogP contribution >= 0.6 is 0 Å². The number of methoxy groups -OCH3 is 1. The number of aromatic amines is 1. The number of carbonyl (C=O) groups excluding carboxylic acids is 1. The molecule has 1 amide bonds. The van der Waals surface area contributed by atoms with Gasteiger partial charge in [0.1, 0.15) is 11.4 Å². The summed E-state index contributed by atoms with van der Waals surface area (Å²) in [6.45, 7) is 9.64. The van der Waals surface area contributed by atoms with Crippen molar-refractivity contribution < 1.29 is 14.6 Å². The van der Waals surface area contributed by atoms with Gasteiger partial charge in [0.05, 0.1) is 13.2 Å². The summed E-state index contributed by atoms with van der Waals surface area (Å²) in [6.07, 6.45) is 2.44. The minimum absolute atomic E-state index is 0.0314. The molecule has 7 heteroatoms. The summed E-state index contributed by atoms with van der Waals surface area (Å²) < 4.78 is 5.31. The van der Waals surface area contributed by atoms with Crippen LogP contribution in [0, 0.1) is 18.8 Å². The van der Waals surface area contributed by atoms with Crippen LogP contribution in [0.5, 0.6) is 5.75 Å². The molecule has 3 aliphatic heterocycles. The van der Waals surface area contributed by atoms with Crippen molar-refractivity contribution in [3.05, 3.63) is 59.3 Å². The van der Waals surface area contributed by atoms with Crippen molar-refractivity contribution in [2.24, 2.45) is 11.8 Å². The van der Waals surface area contributed by atoms with E-state index in [2.05, 4.69) is 47.2 Å². The molecule has 0 unspecified atom stereocenters. The standard InChI is InChI=1S/C31H40N4O3/c1-20-4-6-25-27(14-20)32-19-31(25)10-13-34(17-21(31)2)18-29(36)22-8-11-35(12-9-22)30(37)28-16-23-15-24(38-3)5-7-26(23)33-28/h4-7,14-16,21-22,29,32-33,36H,8-13,17-19H2,1-3H3/t21-,29-,31+/m1/s1. The van der Waals surface area contributed by atoms with Gasteiger partial charge in [-0.3, -0.25) is 4.79 Å². The number of ether oxygens (including phenoxy) is 1. The van der Waals surface area contributed by atoms with E-state index in [4.69, 9.17) is 4.74 Å². The third-order valence-corrected chi connectivity index (χ3v) is 9.53. The molecule has 0 bridgehead atoms. The van der Waals surface area contributed by atoms with Crippen molar-refractivity contribution in [1.82, 2.24) is 14.8 Å². The summed E-state index contributed by atoms with van der Waals surface area (Å²) >= 11 is 0. The molecule has 3 aromatic rings. The normalized spacial score (nSPS) is 24.9. The summed E-state index contributed by atoms with van der Waals surface area (Å²) in [5.74, 6) is 1.57. The molecule has 2 aromatic carbocycles. The van der Waals surface area contributed by atoms with Crippen LogP contribution in [0.4, 0.5) is 5.69 Å². The lowest BCUT2D eigenvalue weighted by atomic mass is 9.67. The number of amides is 1. The first-order chi connectivity index (χ1) is 18.4. The topological polar surface area (TPSA) is 80.8 Å². The van der Waals surface area contributed by atoms with Gasteiger partial charge in [-0.25, -0.2) is 0 Å². The average molecular weight is 517 g/mol. The van der Waals surface area contributed by atoms with Crippen LogP contribution in [0.3, 0.4) is 0 Å². The smallest absolute Gasteiger partial charge is 0.270 e. The Labute approximate surface area is 225 Å². The lowest BCUT2D eigenvalue weighted by molar-refractivity contribution is 0.0110. The first-order valence-corrected chi connectivity index (χ1v) is 14.1. The van der Waals surface area contributed by atoms with Crippen LogP contribution in [0.25, 0.3) is 10.9 Å². The number of rotatable bonds is 5. The third kappa shape index (κ3) is 4.46. The number of hydrogen-bond acceptors (Lipinski definition) is 5. The van der Waals surface area contributed by atoms with Gasteiger partial charge in [0.2, 0.25) is 0 Å². The highest BCUT2D eigenvalue weighted by Crippen LogP contribution is 2.47. The van der Waals surface area contributed by atoms with Crippen LogP contribution in [-0.4, -0.2) is 78.3 Å². The maximum absolute atomic E-state index is 13.2. The summed E-state index contributed by atoms with van der Waals surface area (Å²) in [5, 5.41) is 15.8. The Kier molecular flexibility index (Phi) is 6.60. The quantitative estimate of drug-likeness (QED) is 0.468. The van der Waals surface area contributed by atoms with Crippen molar-refractivity contribution in [1.29, 1.82) is 0 Å². The van der Waals surface area contributed by atoms with Gasteiger partial charge in [0, 0.05) is 54.7 Å². The van der Waals surface area contributed by atoms with Crippen LogP contribution in [0.15, 0.2) is 42.5 Å². The number of nitrogens with one attached hydrogen (secondary N) is 2. The van der Waals surface area contributed by atoms with E-state index in [1.54, 1.807) is 7.11 Å². The van der Waals surface area contributed by atoms with Crippen LogP contribution in [0.1, 0.15) is 47.8 Å². The fourth-order valence-corrected chi connectivity index (χ4v) is 7.10. The monoisotopic (exact) mass is 516 g/mol. The first-order valence-electron chi connectivity index (χ1n) is 14.1. The molecule has 38 heavy (non-hydrogen) atoms. The number of likely N-dealkylation sites (tertiary alicyclic amines) is 2. The molecule has 0 aliphatic carbocycles. The highest BCUT2D eigenvalue weighted by atomic mass is 16.5. The number of aryl methyl sites for hydroxylation is 1. The molecule has 2 saturated heterocycles. The predicted molar refractivity (Wildman–Crippen MR) is 151 cm³/mol. The Bertz CT molecular complexity index is 1330. The van der Waals surface area contributed by atoms with Crippen molar-refractivity contribution in [2.45, 2.75) is 44.6 Å². The van der Waals surface area contributed by atoms with Gasteiger partial charge >= 0.3 is 0 Å². The third-order valence-electron chi connectivity index (χ3n) is 9.53. The largest absolute Gasteiger partial charge is 0.497 e. The molecule has 3 atom stereocenters. The first kappa shape index (κ1) is 25.3. The van der Waals surface area contributed by atoms with Gasteiger partial charge in [-0.2, -0.15) is 0 Å². The fourth-order valence-electron chi connectivity index (χ4n) is 7.10. The van der Waals surface area contributed by atoms with Gasteiger partial charge in [0.15, 0.2) is 0 Å². The number of aliphatic hydroxyl groups is 1. The number of β-amino-alcohol motifs (C(OH)–C–C–N with tert-alkyl or cyclic N) is 1. The molecule has 7 nitrogen and oxygen atoms in total. The predicted octanol–water partition coefficient (Wildman–Crippen LogP) is 4.40. The van der Waals surface area contributed by atoms with E-state index in [0.29, 0.717) is 24.7 Å². The summed E-state index contributed by atoms with van der Waals surface area (Å²) in [4.78, 5) is 20.8. The van der Waals surface area contributed by atoms with Gasteiger partial charge in [0.25, 0.3) is 5.91 Å². The van der Waals surface area contributed by atoms with Gasteiger partial charge in [-0.15, -0.1) is 0 Å². The van der Waals surface area contributed by atoms with E-state index in [-0.39, 0.29) is 23.3 Å². The van der Waals surface area contributed by atoms with E-state index >= 15 is 0 Å². The Hall–Kier alpha value is -3.03. The lowest BCUT2D eigenvalue weighted by Gasteiger charge is -2.46. The maximum Gasteiger partial charge on any atom is 0.270 e. The second kappa shape index (κ2) is 9.93. The molecular weight excluding hydrogens is 476 g/mol. The zero-order valence-corrected chi connectivity index (χ0v) is 22.8. The highest BCUT2D eigenvalue weighted by molar-refractivity contribution is 5.98. The molecule has 4 heterocycles. The minimum Gasteiger partial charge on any atom is -0.497 e. The molecule has 3 N–H and O–H groups in total. The Balaban J connectivity index is 1.02. The Morgan fingerprint density at radius 1 is 1.16 bits per heavy atom. The van der Waals surface area contributed by atoms with Crippen molar-refractivity contribution in [2.75, 3.05) is 51.7 Å². The number of piperidine rings is 2. The molecule has 6 rings (SSSR count). The summed E-state index contributed by atoms with van der Waals surface area (Å²) in [7, 11) is 1.65. The van der Waals surface area contributed by atoms with Crippen LogP contribution in [0.2, 0.25) is 0 Å². The lowest BCUT2D eigenvalue weighted by Crippen LogP contribution is -2.52. The molecule has 0 saturated carbocycles. The second-order valence-corrected chi connectivity index (χ2v) is 11.8. The molecule has 1 spiro atoms. The summed E-state index contributed by atoms with van der Waals surface area (Å²) in [6, 6.07) is 14.5. The molecule has 3 aliphatic rings. The SMILES string of the molecule is COc1ccc2[nH]c(C(=O)N3CCC([C@H](O)CN4CC[C@]5(CNc6cc(C)ccc65)[C@H](C)C4)CC3)cc2c1. The van der Waals surface area contributed by atoms with Crippen LogP contribution in [-0.2, 0) is 5.41 Å². The minimum atomic E-state index is -0.356. The zero-order chi connectivity index (χ0) is 26.4. The molecule has 2 fully saturated rings. The number of aliphatic hydroxyl groups excluding tert-OH is 1. The van der Waals surface area contributed by atoms with Crippen LogP contribution < -0.4 is 10.1 Å². The number of fused-ring (bicyclic) bond motifs is 3. The number of anilines is 1. The average Bonchev–Trinajstić information content (AvgIpc) is 3.52. The number of H-pyrrole nitrogens is 1. The Morgan fingerprint density at radius 3 is 2.74 bits per heavy atom. The highest BCUT2D eigenvalue weighted by Gasteiger charge is 2.46. The van der Waals surface area contributed by atoms with E-state index in [1.165, 1.54) is 16.8 Å². The van der Waals surface area contributed by atoms with Gasteiger partial charge in [-0.1, -0.05) is 19.1 Å². The molecule has 202 valence electrons. The number of carbonyl (C=O) groups is 1. The molecular formula is C31H40N4O3. The number of aromatic nitrogens is 1. The fraction of sp³-hybridized carbons (Fsp3) is 0.516. The number of benzene rings is 2. The second-order valence-electron chi connectivity index (χ2n) is 11.8. The van der Waals surface area contributed by atoms with Gasteiger partial charge in [-0.05, 0) is 86.0 Å². The molecule has 1 aromatic heterocycles. The molecule has 0 radical (unpaired) electrons.